The highest BCUT2D eigenvalue weighted by Crippen LogP contribution is 2.45. The van der Waals surface area contributed by atoms with Crippen molar-refractivity contribution >= 4 is 15.9 Å². The van der Waals surface area contributed by atoms with E-state index < -0.39 is 15.6 Å². The van der Waals surface area contributed by atoms with Crippen LogP contribution in [0.1, 0.15) is 28.9 Å². The molecular formula is C23H23N3O5S. The van der Waals surface area contributed by atoms with Gasteiger partial charge < -0.3 is 18.9 Å². The van der Waals surface area contributed by atoms with Crippen molar-refractivity contribution in [2.45, 2.75) is 23.3 Å². The number of carbonyl (C=O) groups is 1. The molecule has 5 rings (SSSR count). The predicted octanol–water partition coefficient (Wildman–Crippen LogP) is 2.66. The Balaban J connectivity index is 1.40. The summed E-state index contributed by atoms with van der Waals surface area (Å²) in [6.07, 6.45) is 3.27. The molecule has 1 aromatic heterocycles. The van der Waals surface area contributed by atoms with Gasteiger partial charge in [0.25, 0.3) is 5.91 Å². The van der Waals surface area contributed by atoms with Gasteiger partial charge in [-0.05, 0) is 42.5 Å². The number of benzene rings is 2. The quantitative estimate of drug-likeness (QED) is 0.657. The normalized spacial score (nSPS) is 16.8. The highest BCUT2D eigenvalue weighted by Gasteiger charge is 2.44. The maximum absolute atomic E-state index is 13.1. The third kappa shape index (κ3) is 3.25. The van der Waals surface area contributed by atoms with Gasteiger partial charge in [0.05, 0.1) is 18.5 Å². The summed E-state index contributed by atoms with van der Waals surface area (Å²) in [5.74, 6) is 0.680. The first-order chi connectivity index (χ1) is 15.3. The molecule has 0 saturated carbocycles. The van der Waals surface area contributed by atoms with Crippen LogP contribution in [0.4, 0.5) is 0 Å². The number of methoxy groups -OCH3 is 1. The van der Waals surface area contributed by atoms with E-state index in [-0.39, 0.29) is 22.1 Å². The molecule has 0 radical (unpaired) electrons. The summed E-state index contributed by atoms with van der Waals surface area (Å²) >= 11 is 0. The molecule has 2 aliphatic rings. The smallest absolute Gasteiger partial charge is 0.253 e. The fourth-order valence-corrected chi connectivity index (χ4v) is 5.33. The van der Waals surface area contributed by atoms with Gasteiger partial charge in [-0.15, -0.1) is 0 Å². The average Bonchev–Trinajstić information content (AvgIpc) is 3.30. The van der Waals surface area contributed by atoms with Crippen LogP contribution in [0.2, 0.25) is 0 Å². The maximum Gasteiger partial charge on any atom is 0.253 e. The zero-order chi connectivity index (χ0) is 22.5. The number of hydrogen-bond acceptors (Lipinski definition) is 5. The van der Waals surface area contributed by atoms with Gasteiger partial charge in [0.15, 0.2) is 5.60 Å². The molecular weight excluding hydrogens is 430 g/mol. The van der Waals surface area contributed by atoms with Crippen LogP contribution in [0.5, 0.6) is 11.5 Å². The molecule has 1 amide bonds. The van der Waals surface area contributed by atoms with E-state index in [9.17, 15) is 13.2 Å². The molecule has 3 heterocycles. The van der Waals surface area contributed by atoms with E-state index >= 15 is 0 Å². The van der Waals surface area contributed by atoms with Gasteiger partial charge in [0.2, 0.25) is 10.0 Å². The lowest BCUT2D eigenvalue weighted by molar-refractivity contribution is -0.00931. The Morgan fingerprint density at radius 2 is 1.84 bits per heavy atom. The summed E-state index contributed by atoms with van der Waals surface area (Å²) in [6.45, 7) is 0.950. The second kappa shape index (κ2) is 7.39. The second-order valence-corrected chi connectivity index (χ2v) is 9.56. The fraction of sp³-hybridized carbons (Fsp3) is 0.261. The molecule has 1 spiro atoms. The van der Waals surface area contributed by atoms with Crippen LogP contribution in [0.25, 0.3) is 5.69 Å². The lowest BCUT2D eigenvalue weighted by atomic mass is 9.86. The summed E-state index contributed by atoms with van der Waals surface area (Å²) in [5, 5.41) is 5.30. The van der Waals surface area contributed by atoms with E-state index in [1.165, 1.54) is 19.2 Å². The van der Waals surface area contributed by atoms with Gasteiger partial charge in [-0.2, -0.15) is 0 Å². The number of fused-ring (bicyclic) bond motifs is 4. The first-order valence-corrected chi connectivity index (χ1v) is 11.8. The summed E-state index contributed by atoms with van der Waals surface area (Å²) in [4.78, 5) is 14.7. The highest BCUT2D eigenvalue weighted by molar-refractivity contribution is 7.89. The molecule has 0 aliphatic carbocycles. The van der Waals surface area contributed by atoms with Crippen LogP contribution in [0.3, 0.4) is 0 Å². The van der Waals surface area contributed by atoms with Crippen LogP contribution < -0.4 is 14.6 Å². The van der Waals surface area contributed by atoms with Crippen LogP contribution >= 0.6 is 0 Å². The molecule has 1 fully saturated rings. The van der Waals surface area contributed by atoms with Gasteiger partial charge in [-0.1, -0.05) is 12.1 Å². The van der Waals surface area contributed by atoms with E-state index in [4.69, 9.17) is 14.6 Å². The van der Waals surface area contributed by atoms with Crippen molar-refractivity contribution in [3.8, 4) is 17.2 Å². The molecule has 3 aromatic rings. The number of primary sulfonamides is 1. The molecule has 0 unspecified atom stereocenters. The van der Waals surface area contributed by atoms with Gasteiger partial charge >= 0.3 is 0 Å². The summed E-state index contributed by atoms with van der Waals surface area (Å²) in [5.41, 5.74) is 1.82. The first kappa shape index (κ1) is 20.6. The molecule has 2 aliphatic heterocycles. The Hall–Kier alpha value is -3.30. The number of nitrogens with zero attached hydrogens (tertiary/aromatic N) is 2. The number of hydrogen-bond donors (Lipinski definition) is 1. The first-order valence-electron chi connectivity index (χ1n) is 10.3. The summed E-state index contributed by atoms with van der Waals surface area (Å²) < 4.78 is 37.6. The zero-order valence-electron chi connectivity index (χ0n) is 17.5. The second-order valence-electron chi connectivity index (χ2n) is 8.03. The topological polar surface area (TPSA) is 104 Å². The van der Waals surface area contributed by atoms with Crippen molar-refractivity contribution in [1.82, 2.24) is 9.47 Å². The van der Waals surface area contributed by atoms with Crippen molar-refractivity contribution in [1.29, 1.82) is 0 Å². The monoisotopic (exact) mass is 453 g/mol. The Morgan fingerprint density at radius 3 is 2.56 bits per heavy atom. The van der Waals surface area contributed by atoms with E-state index in [0.717, 1.165) is 17.1 Å². The number of aromatic nitrogens is 1. The molecule has 32 heavy (non-hydrogen) atoms. The van der Waals surface area contributed by atoms with Crippen molar-refractivity contribution in [3.63, 3.8) is 0 Å². The third-order valence-electron chi connectivity index (χ3n) is 6.22. The lowest BCUT2D eigenvalue weighted by Crippen LogP contribution is -2.50. The number of carbonyl (C=O) groups excluding carboxylic acids is 1. The zero-order valence-corrected chi connectivity index (χ0v) is 18.3. The van der Waals surface area contributed by atoms with E-state index in [1.54, 1.807) is 11.0 Å². The van der Waals surface area contributed by atoms with Gasteiger partial charge in [0, 0.05) is 37.7 Å². The highest BCUT2D eigenvalue weighted by atomic mass is 32.2. The minimum atomic E-state index is -4.03. The number of sulfonamides is 1. The third-order valence-corrected chi connectivity index (χ3v) is 7.15. The largest absolute Gasteiger partial charge is 0.495 e. The van der Waals surface area contributed by atoms with Gasteiger partial charge in [-0.3, -0.25) is 4.79 Å². The van der Waals surface area contributed by atoms with Gasteiger partial charge in [0.1, 0.15) is 16.4 Å². The van der Waals surface area contributed by atoms with Crippen LogP contribution in [-0.4, -0.2) is 44.0 Å². The number of ether oxygens (including phenoxy) is 2. The van der Waals surface area contributed by atoms with Crippen molar-refractivity contribution in [3.05, 3.63) is 72.1 Å². The van der Waals surface area contributed by atoms with Crippen LogP contribution in [0, 0.1) is 0 Å². The Morgan fingerprint density at radius 1 is 1.09 bits per heavy atom. The lowest BCUT2D eigenvalue weighted by Gasteiger charge is -2.45. The van der Waals surface area contributed by atoms with E-state index in [2.05, 4.69) is 10.6 Å². The van der Waals surface area contributed by atoms with Crippen LogP contribution in [-0.2, 0) is 15.6 Å². The number of nitrogens with two attached hydrogens (primary N) is 1. The summed E-state index contributed by atoms with van der Waals surface area (Å²) in [6, 6.07) is 16.3. The number of piperidine rings is 1. The van der Waals surface area contributed by atoms with E-state index in [0.29, 0.717) is 25.9 Å². The predicted molar refractivity (Wildman–Crippen MR) is 118 cm³/mol. The number of rotatable bonds is 3. The van der Waals surface area contributed by atoms with Gasteiger partial charge in [-0.25, -0.2) is 13.6 Å². The number of likely N-dealkylation sites (tertiary alicyclic amines) is 1. The van der Waals surface area contributed by atoms with Crippen molar-refractivity contribution in [2.24, 2.45) is 5.14 Å². The molecule has 0 bridgehead atoms. The fourth-order valence-electron chi connectivity index (χ4n) is 4.61. The molecule has 9 heteroatoms. The summed E-state index contributed by atoms with van der Waals surface area (Å²) in [7, 11) is -2.67. The average molecular weight is 454 g/mol. The standard InChI is InChI=1S/C23H23N3O5S/c1-30-19-9-8-16(15-20(19)32(24,28)29)22(27)25-13-10-23(11-14-25)21-7-4-12-26(21)17-5-2-3-6-18(17)31-23/h2-9,12,15H,10-11,13-14H2,1H3,(H2,24,28,29). The molecule has 166 valence electrons. The molecule has 1 saturated heterocycles. The Kier molecular flexibility index (Phi) is 4.75. The van der Waals surface area contributed by atoms with E-state index in [1.807, 2.05) is 36.5 Å². The minimum Gasteiger partial charge on any atom is -0.495 e. The molecule has 8 nitrogen and oxygen atoms in total. The molecule has 2 N–H and O–H groups in total. The molecule has 2 aromatic carbocycles. The number of amides is 1. The molecule has 0 atom stereocenters. The maximum atomic E-state index is 13.1. The number of para-hydroxylation sites is 2. The van der Waals surface area contributed by atoms with Crippen molar-refractivity contribution < 1.29 is 22.7 Å². The van der Waals surface area contributed by atoms with Crippen LogP contribution in [0.15, 0.2) is 65.7 Å². The minimum absolute atomic E-state index is 0.108. The Bertz CT molecular complexity index is 1310. The van der Waals surface area contributed by atoms with Crippen molar-refractivity contribution in [2.75, 3.05) is 20.2 Å². The SMILES string of the molecule is COc1ccc(C(=O)N2CCC3(CC2)Oc2ccccc2-n2cccc23)cc1S(N)(=O)=O. The Labute approximate surface area is 186 Å².